The number of carbonyl (C=O) groups excluding carboxylic acids is 1. The molecular weight excluding hydrogens is 364 g/mol. The van der Waals surface area contributed by atoms with Gasteiger partial charge in [0.05, 0.1) is 6.54 Å². The van der Waals surface area contributed by atoms with Gasteiger partial charge in [-0.1, -0.05) is 6.07 Å². The lowest BCUT2D eigenvalue weighted by Gasteiger charge is -2.09. The number of hydrogen-bond acceptors (Lipinski definition) is 6. The van der Waals surface area contributed by atoms with Crippen LogP contribution in [0.25, 0.3) is 0 Å². The Labute approximate surface area is 158 Å². The summed E-state index contributed by atoms with van der Waals surface area (Å²) < 4.78 is 11.5. The normalized spacial score (nSPS) is 12.0. The average molecular weight is 380 g/mol. The maximum atomic E-state index is 12.7. The number of amides is 1. The maximum Gasteiger partial charge on any atom is 0.328 e. The van der Waals surface area contributed by atoms with E-state index >= 15 is 0 Å². The fourth-order valence-corrected chi connectivity index (χ4v) is 2.82. The molecule has 0 bridgehead atoms. The molecule has 0 unspecified atom stereocenters. The van der Waals surface area contributed by atoms with E-state index in [0.29, 0.717) is 17.1 Å². The molecule has 1 aliphatic heterocycles. The van der Waals surface area contributed by atoms with Gasteiger partial charge in [-0.3, -0.25) is 19.1 Å². The van der Waals surface area contributed by atoms with Crippen LogP contribution in [0.2, 0.25) is 0 Å². The average Bonchev–Trinajstić information content (AvgIpc) is 3.18. The van der Waals surface area contributed by atoms with Crippen molar-refractivity contribution in [1.29, 1.82) is 0 Å². The van der Waals surface area contributed by atoms with Crippen LogP contribution in [0.1, 0.15) is 21.5 Å². The van der Waals surface area contributed by atoms with Crippen molar-refractivity contribution < 1.29 is 14.3 Å². The van der Waals surface area contributed by atoms with Gasteiger partial charge in [-0.05, 0) is 35.4 Å². The topological polar surface area (TPSA) is 115 Å². The summed E-state index contributed by atoms with van der Waals surface area (Å²) in [4.78, 5) is 43.6. The van der Waals surface area contributed by atoms with Crippen LogP contribution in [-0.4, -0.2) is 27.2 Å². The molecule has 0 spiro atoms. The first-order valence-electron chi connectivity index (χ1n) is 8.50. The largest absolute Gasteiger partial charge is 0.454 e. The molecule has 2 aromatic heterocycles. The number of fused-ring (bicyclic) bond motifs is 1. The van der Waals surface area contributed by atoms with Gasteiger partial charge in [0, 0.05) is 25.1 Å². The van der Waals surface area contributed by atoms with Gasteiger partial charge in [0.15, 0.2) is 11.5 Å². The monoisotopic (exact) mass is 380 g/mol. The lowest BCUT2D eigenvalue weighted by Crippen LogP contribution is -2.40. The van der Waals surface area contributed by atoms with Crippen LogP contribution in [-0.2, 0) is 13.1 Å². The Balaban J connectivity index is 1.56. The number of carbonyl (C=O) groups is 1. The Bertz CT molecular complexity index is 1140. The fraction of sp³-hybridized carbons (Fsp3) is 0.158. The molecule has 1 aromatic carbocycles. The minimum atomic E-state index is -0.673. The van der Waals surface area contributed by atoms with Gasteiger partial charge in [-0.15, -0.1) is 0 Å². The summed E-state index contributed by atoms with van der Waals surface area (Å²) in [7, 11) is 0. The predicted octanol–water partition coefficient (Wildman–Crippen LogP) is 0.639. The van der Waals surface area contributed by atoms with Crippen molar-refractivity contribution in [3.8, 4) is 11.5 Å². The molecule has 1 aliphatic rings. The first-order chi connectivity index (χ1) is 13.6. The zero-order valence-corrected chi connectivity index (χ0v) is 14.7. The zero-order chi connectivity index (χ0) is 19.5. The second-order valence-electron chi connectivity index (χ2n) is 6.12. The molecule has 0 fully saturated rings. The standard InChI is InChI=1S/C19H16N4O5/c24-17(21-8-12-3-5-20-6-4-12)14-9-22-19(26)23(18(14)25)10-13-1-2-15-16(7-13)28-11-27-15/h1-7,9H,8,10-11H2,(H,21,24)(H,22,26). The first kappa shape index (κ1) is 17.5. The second-order valence-corrected chi connectivity index (χ2v) is 6.12. The highest BCUT2D eigenvalue weighted by atomic mass is 16.7. The minimum absolute atomic E-state index is 0.00369. The van der Waals surface area contributed by atoms with Crippen molar-refractivity contribution >= 4 is 5.91 Å². The molecule has 0 atom stereocenters. The Morgan fingerprint density at radius 1 is 1.11 bits per heavy atom. The van der Waals surface area contributed by atoms with Crippen molar-refractivity contribution in [2.75, 3.05) is 6.79 Å². The van der Waals surface area contributed by atoms with Gasteiger partial charge >= 0.3 is 5.69 Å². The van der Waals surface area contributed by atoms with Crippen LogP contribution >= 0.6 is 0 Å². The molecule has 9 heteroatoms. The van der Waals surface area contributed by atoms with E-state index in [4.69, 9.17) is 9.47 Å². The predicted molar refractivity (Wildman–Crippen MR) is 98.4 cm³/mol. The molecular formula is C19H16N4O5. The third-order valence-corrected chi connectivity index (χ3v) is 4.29. The molecule has 1 amide bonds. The van der Waals surface area contributed by atoms with Crippen molar-refractivity contribution in [3.05, 3.63) is 86.5 Å². The summed E-state index contributed by atoms with van der Waals surface area (Å²) >= 11 is 0. The summed E-state index contributed by atoms with van der Waals surface area (Å²) in [5.41, 5.74) is 0.0936. The van der Waals surface area contributed by atoms with Crippen LogP contribution in [0.3, 0.4) is 0 Å². The number of rotatable bonds is 5. The number of nitrogens with one attached hydrogen (secondary N) is 2. The van der Waals surface area contributed by atoms with Crippen LogP contribution in [0.4, 0.5) is 0 Å². The van der Waals surface area contributed by atoms with E-state index in [2.05, 4.69) is 15.3 Å². The van der Waals surface area contributed by atoms with Crippen molar-refractivity contribution in [2.24, 2.45) is 0 Å². The van der Waals surface area contributed by atoms with E-state index in [0.717, 1.165) is 16.3 Å². The third kappa shape index (κ3) is 3.50. The van der Waals surface area contributed by atoms with E-state index < -0.39 is 17.2 Å². The highest BCUT2D eigenvalue weighted by molar-refractivity contribution is 5.93. The van der Waals surface area contributed by atoms with Crippen LogP contribution in [0, 0.1) is 0 Å². The maximum absolute atomic E-state index is 12.7. The molecule has 28 heavy (non-hydrogen) atoms. The zero-order valence-electron chi connectivity index (χ0n) is 14.7. The fourth-order valence-electron chi connectivity index (χ4n) is 2.82. The van der Waals surface area contributed by atoms with Gasteiger partial charge < -0.3 is 19.8 Å². The highest BCUT2D eigenvalue weighted by Gasteiger charge is 2.17. The molecule has 0 aliphatic carbocycles. The smallest absolute Gasteiger partial charge is 0.328 e. The molecule has 2 N–H and O–H groups in total. The Morgan fingerprint density at radius 3 is 2.71 bits per heavy atom. The lowest BCUT2D eigenvalue weighted by molar-refractivity contribution is 0.0948. The highest BCUT2D eigenvalue weighted by Crippen LogP contribution is 2.32. The van der Waals surface area contributed by atoms with Crippen LogP contribution in [0.15, 0.2) is 58.5 Å². The van der Waals surface area contributed by atoms with Gasteiger partial charge in [-0.2, -0.15) is 0 Å². The number of aromatic nitrogens is 3. The third-order valence-electron chi connectivity index (χ3n) is 4.29. The van der Waals surface area contributed by atoms with Gasteiger partial charge in [0.1, 0.15) is 5.56 Å². The van der Waals surface area contributed by atoms with Crippen molar-refractivity contribution in [2.45, 2.75) is 13.1 Å². The lowest BCUT2D eigenvalue weighted by atomic mass is 10.2. The second kappa shape index (κ2) is 7.39. The summed E-state index contributed by atoms with van der Waals surface area (Å²) in [6.45, 7) is 0.366. The number of benzene rings is 1. The van der Waals surface area contributed by atoms with Crippen LogP contribution in [0.5, 0.6) is 11.5 Å². The molecule has 0 saturated carbocycles. The number of hydrogen-bond donors (Lipinski definition) is 2. The Kier molecular flexibility index (Phi) is 4.63. The quantitative estimate of drug-likeness (QED) is 0.671. The number of aromatic amines is 1. The summed E-state index contributed by atoms with van der Waals surface area (Å²) in [6.07, 6.45) is 4.35. The van der Waals surface area contributed by atoms with Gasteiger partial charge in [0.2, 0.25) is 6.79 Å². The Morgan fingerprint density at radius 2 is 1.89 bits per heavy atom. The van der Waals surface area contributed by atoms with Crippen LogP contribution < -0.4 is 26.0 Å². The summed E-state index contributed by atoms with van der Waals surface area (Å²) in [5.74, 6) is 0.583. The SMILES string of the molecule is O=C(NCc1ccncc1)c1c[nH]c(=O)n(Cc2ccc3c(c2)OCO3)c1=O. The van der Waals surface area contributed by atoms with Crippen molar-refractivity contribution in [3.63, 3.8) is 0 Å². The van der Waals surface area contributed by atoms with E-state index in [-0.39, 0.29) is 25.4 Å². The number of pyridine rings is 1. The van der Waals surface area contributed by atoms with Gasteiger partial charge in [-0.25, -0.2) is 4.79 Å². The van der Waals surface area contributed by atoms with E-state index in [1.54, 1.807) is 42.7 Å². The van der Waals surface area contributed by atoms with Gasteiger partial charge in [0.25, 0.3) is 11.5 Å². The number of H-pyrrole nitrogens is 1. The summed E-state index contributed by atoms with van der Waals surface area (Å²) in [5, 5.41) is 2.66. The molecule has 0 radical (unpaired) electrons. The van der Waals surface area contributed by atoms with Crippen molar-refractivity contribution in [1.82, 2.24) is 19.9 Å². The molecule has 4 rings (SSSR count). The Hall–Kier alpha value is -3.88. The molecule has 3 heterocycles. The number of nitrogens with zero attached hydrogens (tertiary/aromatic N) is 2. The summed E-state index contributed by atoms with van der Waals surface area (Å²) in [6, 6.07) is 8.65. The molecule has 0 saturated heterocycles. The van der Waals surface area contributed by atoms with E-state index in [1.165, 1.54) is 0 Å². The first-order valence-corrected chi connectivity index (χ1v) is 8.50. The molecule has 142 valence electrons. The number of ether oxygens (including phenoxy) is 2. The van der Waals surface area contributed by atoms with E-state index in [9.17, 15) is 14.4 Å². The molecule has 3 aromatic rings. The minimum Gasteiger partial charge on any atom is -0.454 e. The van der Waals surface area contributed by atoms with E-state index in [1.807, 2.05) is 0 Å². The molecule has 9 nitrogen and oxygen atoms in total.